The van der Waals surface area contributed by atoms with Crippen molar-refractivity contribution in [1.82, 2.24) is 15.1 Å². The summed E-state index contributed by atoms with van der Waals surface area (Å²) in [4.78, 5) is 0. The van der Waals surface area contributed by atoms with Gasteiger partial charge in [-0.1, -0.05) is 13.8 Å². The molecule has 0 atom stereocenters. The van der Waals surface area contributed by atoms with Crippen LogP contribution in [0.25, 0.3) is 0 Å². The van der Waals surface area contributed by atoms with Gasteiger partial charge in [0, 0.05) is 26.4 Å². The Morgan fingerprint density at radius 3 is 2.81 bits per heavy atom. The lowest BCUT2D eigenvalue weighted by Crippen LogP contribution is -2.31. The van der Waals surface area contributed by atoms with Gasteiger partial charge in [0.25, 0.3) is 0 Å². The molecule has 0 amide bonds. The van der Waals surface area contributed by atoms with Crippen LogP contribution >= 0.6 is 0 Å². The molecule has 0 aliphatic carbocycles. The van der Waals surface area contributed by atoms with Crippen LogP contribution in [0.3, 0.4) is 0 Å². The van der Waals surface area contributed by atoms with Crippen molar-refractivity contribution in [3.8, 4) is 0 Å². The van der Waals surface area contributed by atoms with E-state index in [9.17, 15) is 0 Å². The lowest BCUT2D eigenvalue weighted by atomic mass is 9.90. The molecular weight excluding hydrogens is 202 g/mol. The minimum atomic E-state index is 0.170. The van der Waals surface area contributed by atoms with Crippen molar-refractivity contribution in [3.05, 3.63) is 18.0 Å². The van der Waals surface area contributed by atoms with Crippen LogP contribution in [0.15, 0.2) is 12.4 Å². The molecule has 0 unspecified atom stereocenters. The van der Waals surface area contributed by atoms with Crippen molar-refractivity contribution in [2.45, 2.75) is 26.7 Å². The maximum Gasteiger partial charge on any atom is 0.0522 e. The zero-order valence-electron chi connectivity index (χ0n) is 10.5. The van der Waals surface area contributed by atoms with Gasteiger partial charge in [-0.25, -0.2) is 0 Å². The van der Waals surface area contributed by atoms with Crippen molar-refractivity contribution < 1.29 is 5.11 Å². The Hall–Kier alpha value is -0.870. The Kier molecular flexibility index (Phi) is 4.96. The topological polar surface area (TPSA) is 50.1 Å². The first-order valence-electron chi connectivity index (χ1n) is 5.82. The molecule has 4 heteroatoms. The van der Waals surface area contributed by atoms with Gasteiger partial charge in [-0.05, 0) is 30.4 Å². The molecule has 1 aromatic rings. The molecule has 1 aromatic heterocycles. The van der Waals surface area contributed by atoms with E-state index in [4.69, 9.17) is 5.11 Å². The number of hydrogen-bond acceptors (Lipinski definition) is 3. The highest BCUT2D eigenvalue weighted by atomic mass is 16.3. The summed E-state index contributed by atoms with van der Waals surface area (Å²) in [5, 5.41) is 16.4. The van der Waals surface area contributed by atoms with Gasteiger partial charge in [-0.15, -0.1) is 0 Å². The molecular formula is C12H23N3O. The molecule has 0 fully saturated rings. The van der Waals surface area contributed by atoms with Crippen LogP contribution in [0.4, 0.5) is 0 Å². The molecule has 2 N–H and O–H groups in total. The van der Waals surface area contributed by atoms with Gasteiger partial charge in [0.15, 0.2) is 0 Å². The van der Waals surface area contributed by atoms with E-state index in [1.807, 2.05) is 24.1 Å². The van der Waals surface area contributed by atoms with Gasteiger partial charge < -0.3 is 10.4 Å². The molecule has 92 valence electrons. The molecule has 0 aromatic carbocycles. The summed E-state index contributed by atoms with van der Waals surface area (Å²) >= 11 is 0. The average molecular weight is 225 g/mol. The third kappa shape index (κ3) is 4.77. The summed E-state index contributed by atoms with van der Waals surface area (Å²) in [5.41, 5.74) is 1.43. The van der Waals surface area contributed by atoms with Crippen LogP contribution in [-0.2, 0) is 13.5 Å². The lowest BCUT2D eigenvalue weighted by Gasteiger charge is -2.23. The fourth-order valence-electron chi connectivity index (χ4n) is 1.65. The minimum Gasteiger partial charge on any atom is -0.396 e. The summed E-state index contributed by atoms with van der Waals surface area (Å²) in [6, 6.07) is 0. The van der Waals surface area contributed by atoms with E-state index < -0.39 is 0 Å². The Morgan fingerprint density at radius 2 is 2.25 bits per heavy atom. The maximum atomic E-state index is 8.90. The van der Waals surface area contributed by atoms with E-state index in [1.54, 1.807) is 0 Å². The molecule has 0 aliphatic heterocycles. The number of aliphatic hydroxyl groups is 1. The molecule has 1 heterocycles. The van der Waals surface area contributed by atoms with Crippen molar-refractivity contribution in [2.24, 2.45) is 12.5 Å². The molecule has 0 radical (unpaired) electrons. The lowest BCUT2D eigenvalue weighted by molar-refractivity contribution is 0.207. The van der Waals surface area contributed by atoms with Crippen molar-refractivity contribution in [2.75, 3.05) is 19.7 Å². The van der Waals surface area contributed by atoms with Crippen molar-refractivity contribution >= 4 is 0 Å². The molecule has 0 aliphatic rings. The van der Waals surface area contributed by atoms with Gasteiger partial charge in [0.2, 0.25) is 0 Å². The van der Waals surface area contributed by atoms with E-state index in [1.165, 1.54) is 5.56 Å². The second-order valence-corrected chi connectivity index (χ2v) is 5.09. The zero-order chi connectivity index (χ0) is 12.0. The molecule has 0 spiro atoms. The maximum absolute atomic E-state index is 8.90. The van der Waals surface area contributed by atoms with E-state index >= 15 is 0 Å². The largest absolute Gasteiger partial charge is 0.396 e. The molecule has 0 saturated heterocycles. The monoisotopic (exact) mass is 225 g/mol. The fourth-order valence-corrected chi connectivity index (χ4v) is 1.65. The van der Waals surface area contributed by atoms with E-state index in [0.717, 1.165) is 25.9 Å². The number of aromatic nitrogens is 2. The Morgan fingerprint density at radius 1 is 1.50 bits per heavy atom. The molecule has 1 rings (SSSR count). The number of nitrogens with zero attached hydrogens (tertiary/aromatic N) is 2. The molecule has 0 saturated carbocycles. The summed E-state index contributed by atoms with van der Waals surface area (Å²) in [5.74, 6) is 0. The highest BCUT2D eigenvalue weighted by Crippen LogP contribution is 2.17. The van der Waals surface area contributed by atoms with Crippen molar-refractivity contribution in [1.29, 1.82) is 0 Å². The van der Waals surface area contributed by atoms with Crippen molar-refractivity contribution in [3.63, 3.8) is 0 Å². The number of rotatable bonds is 7. The average Bonchev–Trinajstić information content (AvgIpc) is 2.59. The highest BCUT2D eigenvalue weighted by Gasteiger charge is 2.15. The second-order valence-electron chi connectivity index (χ2n) is 5.09. The first kappa shape index (κ1) is 13.2. The quantitative estimate of drug-likeness (QED) is 0.680. The third-order valence-corrected chi connectivity index (χ3v) is 2.74. The van der Waals surface area contributed by atoms with Crippen LogP contribution in [0.1, 0.15) is 25.8 Å². The minimum absolute atomic E-state index is 0.170. The Labute approximate surface area is 97.7 Å². The smallest absolute Gasteiger partial charge is 0.0522 e. The van der Waals surface area contributed by atoms with Crippen LogP contribution in [-0.4, -0.2) is 34.6 Å². The standard InChI is InChI=1S/C12H23N3O/c1-12(2,5-7-16)10-13-6-4-11-8-14-15(3)9-11/h8-9,13,16H,4-7,10H2,1-3H3. The van der Waals surface area contributed by atoms with Gasteiger partial charge in [-0.2, -0.15) is 5.10 Å². The third-order valence-electron chi connectivity index (χ3n) is 2.74. The number of aryl methyl sites for hydroxylation is 1. The van der Waals surface area contributed by atoms with Crippen LogP contribution < -0.4 is 5.32 Å². The first-order valence-corrected chi connectivity index (χ1v) is 5.82. The van der Waals surface area contributed by atoms with Crippen LogP contribution in [0.5, 0.6) is 0 Å². The Balaban J connectivity index is 2.16. The number of nitrogens with one attached hydrogen (secondary N) is 1. The van der Waals surface area contributed by atoms with Gasteiger partial charge in [0.1, 0.15) is 0 Å². The number of hydrogen-bond donors (Lipinski definition) is 2. The molecule has 4 nitrogen and oxygen atoms in total. The Bertz CT molecular complexity index is 307. The summed E-state index contributed by atoms with van der Waals surface area (Å²) < 4.78 is 1.82. The second kappa shape index (κ2) is 6.01. The van der Waals surface area contributed by atoms with E-state index in [0.29, 0.717) is 0 Å². The predicted octanol–water partition coefficient (Wildman–Crippen LogP) is 0.961. The fraction of sp³-hybridized carbons (Fsp3) is 0.750. The number of aliphatic hydroxyl groups excluding tert-OH is 1. The zero-order valence-corrected chi connectivity index (χ0v) is 10.5. The van der Waals surface area contributed by atoms with Crippen LogP contribution in [0.2, 0.25) is 0 Å². The van der Waals surface area contributed by atoms with E-state index in [-0.39, 0.29) is 12.0 Å². The first-order chi connectivity index (χ1) is 7.53. The normalized spacial score (nSPS) is 12.0. The molecule has 0 bridgehead atoms. The SMILES string of the molecule is Cn1cc(CCNCC(C)(C)CCO)cn1. The predicted molar refractivity (Wildman–Crippen MR) is 65.3 cm³/mol. The summed E-state index contributed by atoms with van der Waals surface area (Å²) in [6.45, 7) is 6.49. The molecule has 16 heavy (non-hydrogen) atoms. The summed E-state index contributed by atoms with van der Waals surface area (Å²) in [7, 11) is 1.93. The van der Waals surface area contributed by atoms with Gasteiger partial charge in [0.05, 0.1) is 6.20 Å². The highest BCUT2D eigenvalue weighted by molar-refractivity contribution is 5.03. The van der Waals surface area contributed by atoms with Crippen LogP contribution in [0, 0.1) is 5.41 Å². The summed E-state index contributed by atoms with van der Waals surface area (Å²) in [6.07, 6.45) is 5.79. The van der Waals surface area contributed by atoms with Gasteiger partial charge >= 0.3 is 0 Å². The van der Waals surface area contributed by atoms with Gasteiger partial charge in [-0.3, -0.25) is 4.68 Å². The van der Waals surface area contributed by atoms with E-state index in [2.05, 4.69) is 24.3 Å².